The van der Waals surface area contributed by atoms with E-state index in [1.165, 1.54) is 12.1 Å². The molecule has 0 aromatic carbocycles. The van der Waals surface area contributed by atoms with Gasteiger partial charge in [-0.1, -0.05) is 20.8 Å². The summed E-state index contributed by atoms with van der Waals surface area (Å²) >= 11 is 1.70. The van der Waals surface area contributed by atoms with Crippen LogP contribution in [0.4, 0.5) is 0 Å². The van der Waals surface area contributed by atoms with Crippen LogP contribution in [0.5, 0.6) is 0 Å². The first-order valence-corrected chi connectivity index (χ1v) is 7.65. The Morgan fingerprint density at radius 3 is 2.89 bits per heavy atom. The van der Waals surface area contributed by atoms with Crippen molar-refractivity contribution < 1.29 is 0 Å². The normalized spacial score (nSPS) is 13.6. The summed E-state index contributed by atoms with van der Waals surface area (Å²) in [5.41, 5.74) is 1.22. The maximum Gasteiger partial charge on any atom is 0.193 e. The predicted molar refractivity (Wildman–Crippen MR) is 78.3 cm³/mol. The second-order valence-corrected chi connectivity index (χ2v) is 6.39. The van der Waals surface area contributed by atoms with Gasteiger partial charge in [-0.15, -0.1) is 11.3 Å². The minimum absolute atomic E-state index is 0.712. The molecule has 0 radical (unpaired) electrons. The maximum atomic E-state index is 4.61. The fraction of sp³-hybridized carbons (Fsp3) is 0.643. The molecule has 2 rings (SSSR count). The van der Waals surface area contributed by atoms with E-state index < -0.39 is 0 Å². The first kappa shape index (κ1) is 13.6. The van der Waals surface area contributed by atoms with Crippen LogP contribution in [0.1, 0.15) is 32.9 Å². The summed E-state index contributed by atoms with van der Waals surface area (Å²) in [5, 5.41) is 5.59. The van der Waals surface area contributed by atoms with Gasteiger partial charge in [0.2, 0.25) is 0 Å². The molecule has 2 heterocycles. The van der Waals surface area contributed by atoms with E-state index in [2.05, 4.69) is 53.2 Å². The van der Waals surface area contributed by atoms with Gasteiger partial charge < -0.3 is 5.32 Å². The third-order valence-corrected chi connectivity index (χ3v) is 3.85. The van der Waals surface area contributed by atoms with Gasteiger partial charge >= 0.3 is 0 Å². The number of aromatic nitrogens is 2. The van der Waals surface area contributed by atoms with Gasteiger partial charge in [0.15, 0.2) is 4.96 Å². The molecule has 1 unspecified atom stereocenters. The van der Waals surface area contributed by atoms with Crippen LogP contribution < -0.4 is 5.32 Å². The van der Waals surface area contributed by atoms with Gasteiger partial charge in [0, 0.05) is 17.8 Å². The Bertz CT molecular complexity index is 444. The van der Waals surface area contributed by atoms with Gasteiger partial charge in [-0.3, -0.25) is 4.40 Å². The molecule has 18 heavy (non-hydrogen) atoms. The van der Waals surface area contributed by atoms with Gasteiger partial charge in [-0.2, -0.15) is 0 Å². The molecule has 0 amide bonds. The van der Waals surface area contributed by atoms with Crippen molar-refractivity contribution in [2.75, 3.05) is 13.1 Å². The van der Waals surface area contributed by atoms with E-state index in [4.69, 9.17) is 0 Å². The lowest BCUT2D eigenvalue weighted by Gasteiger charge is -2.13. The van der Waals surface area contributed by atoms with E-state index in [1.54, 1.807) is 11.3 Å². The van der Waals surface area contributed by atoms with Crippen molar-refractivity contribution in [2.24, 2.45) is 11.8 Å². The zero-order chi connectivity index (χ0) is 13.0. The van der Waals surface area contributed by atoms with Crippen LogP contribution in [0.15, 0.2) is 17.8 Å². The quantitative estimate of drug-likeness (QED) is 0.833. The molecular formula is C14H23N3S. The summed E-state index contributed by atoms with van der Waals surface area (Å²) in [6.45, 7) is 9.03. The van der Waals surface area contributed by atoms with E-state index in [0.29, 0.717) is 5.92 Å². The Kier molecular flexibility index (Phi) is 4.78. The first-order valence-electron chi connectivity index (χ1n) is 6.77. The Morgan fingerprint density at radius 1 is 1.33 bits per heavy atom. The number of imidazole rings is 1. The molecule has 0 fully saturated rings. The summed E-state index contributed by atoms with van der Waals surface area (Å²) in [7, 11) is 0. The van der Waals surface area contributed by atoms with Gasteiger partial charge in [0.1, 0.15) is 0 Å². The SMILES string of the molecule is CC(C)CNCC(C)CCc1cn2ccsc2n1. The van der Waals surface area contributed by atoms with Crippen LogP contribution in [0, 0.1) is 11.8 Å². The number of hydrogen-bond acceptors (Lipinski definition) is 3. The zero-order valence-electron chi connectivity index (χ0n) is 11.5. The third kappa shape index (κ3) is 3.82. The van der Waals surface area contributed by atoms with Crippen LogP contribution in [-0.4, -0.2) is 22.5 Å². The number of hydrogen-bond donors (Lipinski definition) is 1. The molecule has 0 bridgehead atoms. The highest BCUT2D eigenvalue weighted by atomic mass is 32.1. The molecule has 0 aliphatic heterocycles. The molecule has 100 valence electrons. The van der Waals surface area contributed by atoms with Crippen LogP contribution in [0.25, 0.3) is 4.96 Å². The predicted octanol–water partition coefficient (Wildman–Crippen LogP) is 3.21. The van der Waals surface area contributed by atoms with Crippen LogP contribution >= 0.6 is 11.3 Å². The molecule has 2 aromatic rings. The second kappa shape index (κ2) is 6.34. The lowest BCUT2D eigenvalue weighted by atomic mass is 10.0. The standard InChI is InChI=1S/C14H23N3S/c1-11(2)8-15-9-12(3)4-5-13-10-17-6-7-18-14(17)16-13/h6-7,10-12,15H,4-5,8-9H2,1-3H3. The van der Waals surface area contributed by atoms with E-state index >= 15 is 0 Å². The summed E-state index contributed by atoms with van der Waals surface area (Å²) in [6.07, 6.45) is 6.51. The van der Waals surface area contributed by atoms with E-state index in [0.717, 1.165) is 30.4 Å². The summed E-state index contributed by atoms with van der Waals surface area (Å²) in [5.74, 6) is 1.45. The molecule has 0 saturated heterocycles. The highest BCUT2D eigenvalue weighted by Crippen LogP contribution is 2.14. The molecule has 4 heteroatoms. The van der Waals surface area contributed by atoms with E-state index in [1.807, 2.05) is 0 Å². The number of rotatable bonds is 7. The number of aryl methyl sites for hydroxylation is 1. The summed E-state index contributed by atoms with van der Waals surface area (Å²) in [6, 6.07) is 0. The minimum Gasteiger partial charge on any atom is -0.316 e. The van der Waals surface area contributed by atoms with Crippen molar-refractivity contribution >= 4 is 16.3 Å². The lowest BCUT2D eigenvalue weighted by molar-refractivity contribution is 0.453. The smallest absolute Gasteiger partial charge is 0.193 e. The Labute approximate surface area is 113 Å². The third-order valence-electron chi connectivity index (χ3n) is 3.08. The Balaban J connectivity index is 1.72. The molecule has 3 nitrogen and oxygen atoms in total. The Morgan fingerprint density at radius 2 is 2.17 bits per heavy atom. The van der Waals surface area contributed by atoms with Gasteiger partial charge in [0.05, 0.1) is 5.69 Å². The van der Waals surface area contributed by atoms with Crippen LogP contribution in [0.2, 0.25) is 0 Å². The van der Waals surface area contributed by atoms with Crippen molar-refractivity contribution in [1.29, 1.82) is 0 Å². The molecule has 0 saturated carbocycles. The van der Waals surface area contributed by atoms with Crippen molar-refractivity contribution in [3.05, 3.63) is 23.5 Å². The Hall–Kier alpha value is -0.870. The zero-order valence-corrected chi connectivity index (χ0v) is 12.3. The number of thiazole rings is 1. The van der Waals surface area contributed by atoms with Crippen molar-refractivity contribution in [2.45, 2.75) is 33.6 Å². The maximum absolute atomic E-state index is 4.61. The minimum atomic E-state index is 0.712. The first-order chi connectivity index (χ1) is 8.65. The summed E-state index contributed by atoms with van der Waals surface area (Å²) in [4.78, 5) is 5.72. The highest BCUT2D eigenvalue weighted by Gasteiger charge is 2.06. The fourth-order valence-electron chi connectivity index (χ4n) is 2.01. The van der Waals surface area contributed by atoms with E-state index in [-0.39, 0.29) is 0 Å². The largest absolute Gasteiger partial charge is 0.316 e. The van der Waals surface area contributed by atoms with Crippen molar-refractivity contribution in [3.63, 3.8) is 0 Å². The molecule has 0 aliphatic rings. The number of nitrogens with zero attached hydrogens (tertiary/aromatic N) is 2. The fourth-order valence-corrected chi connectivity index (χ4v) is 2.73. The molecule has 0 aliphatic carbocycles. The monoisotopic (exact) mass is 265 g/mol. The van der Waals surface area contributed by atoms with Crippen molar-refractivity contribution in [3.8, 4) is 0 Å². The molecule has 1 N–H and O–H groups in total. The summed E-state index contributed by atoms with van der Waals surface area (Å²) < 4.78 is 2.11. The van der Waals surface area contributed by atoms with Crippen molar-refractivity contribution in [1.82, 2.24) is 14.7 Å². The molecular weight excluding hydrogens is 242 g/mol. The molecule has 2 aromatic heterocycles. The number of fused-ring (bicyclic) bond motifs is 1. The highest BCUT2D eigenvalue weighted by molar-refractivity contribution is 7.15. The molecule has 0 spiro atoms. The average Bonchev–Trinajstić information content (AvgIpc) is 2.85. The van der Waals surface area contributed by atoms with Gasteiger partial charge in [-0.25, -0.2) is 4.98 Å². The van der Waals surface area contributed by atoms with Gasteiger partial charge in [-0.05, 0) is 37.8 Å². The van der Waals surface area contributed by atoms with Crippen LogP contribution in [0.3, 0.4) is 0 Å². The topological polar surface area (TPSA) is 29.3 Å². The van der Waals surface area contributed by atoms with E-state index in [9.17, 15) is 0 Å². The van der Waals surface area contributed by atoms with Crippen LogP contribution in [-0.2, 0) is 6.42 Å². The lowest BCUT2D eigenvalue weighted by Crippen LogP contribution is -2.25. The molecule has 1 atom stereocenters. The second-order valence-electron chi connectivity index (χ2n) is 5.52. The number of nitrogens with one attached hydrogen (secondary N) is 1. The van der Waals surface area contributed by atoms with Gasteiger partial charge in [0.25, 0.3) is 0 Å². The average molecular weight is 265 g/mol.